The van der Waals surface area contributed by atoms with Crippen LogP contribution in [0, 0.1) is 0 Å². The van der Waals surface area contributed by atoms with Crippen LogP contribution >= 0.6 is 0 Å². The number of aromatic nitrogens is 2. The summed E-state index contributed by atoms with van der Waals surface area (Å²) in [7, 11) is 0. The number of benzene rings is 9. The minimum atomic E-state index is 1.15. The molecule has 0 bridgehead atoms. The van der Waals surface area contributed by atoms with E-state index in [9.17, 15) is 0 Å². The van der Waals surface area contributed by atoms with E-state index in [1.54, 1.807) is 0 Å². The van der Waals surface area contributed by atoms with Gasteiger partial charge in [0.15, 0.2) is 0 Å². The molecular formula is C54H34N2. The summed E-state index contributed by atoms with van der Waals surface area (Å²) >= 11 is 0. The van der Waals surface area contributed by atoms with Crippen LogP contribution in [0.25, 0.3) is 110 Å². The number of fused-ring (bicyclic) bond motifs is 9. The molecule has 0 aliphatic heterocycles. The smallest absolute Gasteiger partial charge is 0.0619 e. The molecule has 2 heteroatoms. The van der Waals surface area contributed by atoms with Gasteiger partial charge in [-0.2, -0.15) is 0 Å². The number of nitrogens with zero attached hydrogens (tertiary/aromatic N) is 2. The molecule has 0 N–H and O–H groups in total. The largest absolute Gasteiger partial charge is 0.309 e. The minimum Gasteiger partial charge on any atom is -0.309 e. The predicted octanol–water partition coefficient (Wildman–Crippen LogP) is 14.6. The number of hydrogen-bond acceptors (Lipinski definition) is 0. The van der Waals surface area contributed by atoms with Gasteiger partial charge in [0.2, 0.25) is 0 Å². The third-order valence-electron chi connectivity index (χ3n) is 12.2. The molecule has 11 aromatic rings. The Bertz CT molecular complexity index is 3540. The summed E-state index contributed by atoms with van der Waals surface area (Å²) in [5.41, 5.74) is 14.3. The van der Waals surface area contributed by atoms with E-state index in [1.807, 2.05) is 12.2 Å². The van der Waals surface area contributed by atoms with Crippen LogP contribution in [-0.2, 0) is 0 Å². The van der Waals surface area contributed by atoms with E-state index in [0.717, 1.165) is 11.1 Å². The molecule has 0 atom stereocenters. The average molecular weight is 711 g/mol. The van der Waals surface area contributed by atoms with Crippen LogP contribution in [0.5, 0.6) is 0 Å². The Labute approximate surface area is 323 Å². The summed E-state index contributed by atoms with van der Waals surface area (Å²) < 4.78 is 4.93. The van der Waals surface area contributed by atoms with Crippen LogP contribution in [0.2, 0.25) is 0 Å². The van der Waals surface area contributed by atoms with Gasteiger partial charge in [-0.15, -0.1) is 0 Å². The molecule has 9 aromatic carbocycles. The zero-order valence-corrected chi connectivity index (χ0v) is 30.6. The highest BCUT2D eigenvalue weighted by molar-refractivity contribution is 6.23. The Balaban J connectivity index is 1.11. The molecule has 0 saturated carbocycles. The van der Waals surface area contributed by atoms with Crippen LogP contribution in [0.4, 0.5) is 0 Å². The summed E-state index contributed by atoms with van der Waals surface area (Å²) in [4.78, 5) is 0. The topological polar surface area (TPSA) is 9.86 Å². The second kappa shape index (κ2) is 11.5. The third-order valence-corrected chi connectivity index (χ3v) is 12.2. The number of hydrogen-bond donors (Lipinski definition) is 0. The summed E-state index contributed by atoms with van der Waals surface area (Å²) in [6.45, 7) is 8.36. The molecule has 0 radical (unpaired) electrons. The van der Waals surface area contributed by atoms with Gasteiger partial charge in [0.1, 0.15) is 0 Å². The van der Waals surface area contributed by atoms with Gasteiger partial charge < -0.3 is 9.13 Å². The fraction of sp³-hybridized carbons (Fsp3) is 0. The normalized spacial score (nSPS) is 12.7. The molecule has 1 aliphatic rings. The third kappa shape index (κ3) is 4.10. The van der Waals surface area contributed by atoms with E-state index in [-0.39, 0.29) is 0 Å². The lowest BCUT2D eigenvalue weighted by atomic mass is 9.99. The van der Waals surface area contributed by atoms with E-state index in [2.05, 4.69) is 192 Å². The minimum absolute atomic E-state index is 1.15. The van der Waals surface area contributed by atoms with Crippen molar-refractivity contribution in [2.75, 3.05) is 0 Å². The Morgan fingerprint density at radius 2 is 0.911 bits per heavy atom. The molecule has 0 unspecified atom stereocenters. The van der Waals surface area contributed by atoms with Gasteiger partial charge in [-0.1, -0.05) is 153 Å². The SMILES string of the molecule is C=CC1=C(C=C)c2ccc(-n3c4ccc(-c5ccc6c(c5)c5ccccc5n6-c5cccc6ccccc56)cc4c4ccc5ccccc5c43)c3cccc1c23. The number of para-hydroxylation sites is 1. The van der Waals surface area contributed by atoms with Crippen molar-refractivity contribution in [1.82, 2.24) is 9.13 Å². The van der Waals surface area contributed by atoms with Gasteiger partial charge in [-0.05, 0) is 92.0 Å². The molecular weight excluding hydrogens is 677 g/mol. The Hall–Kier alpha value is -7.42. The molecule has 2 heterocycles. The Morgan fingerprint density at radius 3 is 1.68 bits per heavy atom. The molecule has 56 heavy (non-hydrogen) atoms. The molecule has 2 aromatic heterocycles. The molecule has 0 fully saturated rings. The quantitative estimate of drug-likeness (QED) is 0.168. The van der Waals surface area contributed by atoms with E-state index < -0.39 is 0 Å². The first-order valence-electron chi connectivity index (χ1n) is 19.3. The molecule has 2 nitrogen and oxygen atoms in total. The Morgan fingerprint density at radius 1 is 0.357 bits per heavy atom. The first-order valence-corrected chi connectivity index (χ1v) is 19.3. The highest BCUT2D eigenvalue weighted by Gasteiger charge is 2.24. The lowest BCUT2D eigenvalue weighted by molar-refractivity contribution is 1.20. The van der Waals surface area contributed by atoms with Crippen LogP contribution in [-0.4, -0.2) is 9.13 Å². The maximum atomic E-state index is 4.18. The average Bonchev–Trinajstić information content (AvgIpc) is 3.89. The zero-order chi connectivity index (χ0) is 37.1. The maximum Gasteiger partial charge on any atom is 0.0619 e. The van der Waals surface area contributed by atoms with E-state index in [0.29, 0.717) is 0 Å². The molecule has 1 aliphatic carbocycles. The van der Waals surface area contributed by atoms with Gasteiger partial charge in [-0.25, -0.2) is 0 Å². The van der Waals surface area contributed by atoms with E-state index in [1.165, 1.54) is 110 Å². The second-order valence-electron chi connectivity index (χ2n) is 14.9. The second-order valence-corrected chi connectivity index (χ2v) is 14.9. The molecule has 260 valence electrons. The van der Waals surface area contributed by atoms with Crippen molar-refractivity contribution in [3.05, 3.63) is 206 Å². The van der Waals surface area contributed by atoms with E-state index in [4.69, 9.17) is 0 Å². The maximum absolute atomic E-state index is 4.18. The van der Waals surface area contributed by atoms with Gasteiger partial charge in [0, 0.05) is 37.7 Å². The van der Waals surface area contributed by atoms with Crippen molar-refractivity contribution in [2.45, 2.75) is 0 Å². The fourth-order valence-electron chi connectivity index (χ4n) is 9.79. The van der Waals surface area contributed by atoms with Crippen molar-refractivity contribution in [3.63, 3.8) is 0 Å². The summed E-state index contributed by atoms with van der Waals surface area (Å²) in [5, 5.41) is 12.4. The summed E-state index contributed by atoms with van der Waals surface area (Å²) in [6, 6.07) is 62.7. The van der Waals surface area contributed by atoms with Crippen molar-refractivity contribution in [2.24, 2.45) is 0 Å². The van der Waals surface area contributed by atoms with Crippen LogP contribution in [0.1, 0.15) is 11.1 Å². The lowest BCUT2D eigenvalue weighted by Crippen LogP contribution is -1.97. The van der Waals surface area contributed by atoms with Crippen molar-refractivity contribution < 1.29 is 0 Å². The molecule has 0 spiro atoms. The predicted molar refractivity (Wildman–Crippen MR) is 240 cm³/mol. The van der Waals surface area contributed by atoms with Crippen LogP contribution < -0.4 is 0 Å². The Kier molecular flexibility index (Phi) is 6.38. The highest BCUT2D eigenvalue weighted by Crippen LogP contribution is 2.47. The number of rotatable bonds is 5. The van der Waals surface area contributed by atoms with Crippen molar-refractivity contribution >= 4 is 87.1 Å². The molecule has 0 amide bonds. The monoisotopic (exact) mass is 710 g/mol. The van der Waals surface area contributed by atoms with Crippen molar-refractivity contribution in [1.29, 1.82) is 0 Å². The fourth-order valence-corrected chi connectivity index (χ4v) is 9.79. The lowest BCUT2D eigenvalue weighted by Gasteiger charge is -2.15. The van der Waals surface area contributed by atoms with Gasteiger partial charge in [0.25, 0.3) is 0 Å². The van der Waals surface area contributed by atoms with Gasteiger partial charge >= 0.3 is 0 Å². The van der Waals surface area contributed by atoms with Gasteiger partial charge in [-0.3, -0.25) is 0 Å². The first kappa shape index (κ1) is 31.0. The summed E-state index contributed by atoms with van der Waals surface area (Å²) in [6.07, 6.45) is 3.94. The number of allylic oxidation sites excluding steroid dienone is 4. The van der Waals surface area contributed by atoms with E-state index >= 15 is 0 Å². The molecule has 0 saturated heterocycles. The zero-order valence-electron chi connectivity index (χ0n) is 30.6. The summed E-state index contributed by atoms with van der Waals surface area (Å²) in [5.74, 6) is 0. The standard InChI is InChI=1S/C54H34N2/c1-3-37-38(4-2)43-27-30-50(45-20-12-19-42(37)53(43)45)56-52-29-25-36(32-47(52)44-26-23-34-14-6-8-17-40(34)54(44)56)35-24-28-51-46(31-35)41-18-9-10-21-49(41)55(51)48-22-11-15-33-13-5-7-16-39(33)48/h3-32H,1-2H2. The first-order chi connectivity index (χ1) is 27.7. The van der Waals surface area contributed by atoms with Crippen molar-refractivity contribution in [3.8, 4) is 22.5 Å². The highest BCUT2D eigenvalue weighted by atomic mass is 15.0. The molecule has 12 rings (SSSR count). The van der Waals surface area contributed by atoms with Crippen LogP contribution in [0.15, 0.2) is 195 Å². The van der Waals surface area contributed by atoms with Gasteiger partial charge in [0.05, 0.1) is 33.4 Å². The van der Waals surface area contributed by atoms with Crippen LogP contribution in [0.3, 0.4) is 0 Å².